The molecule has 0 aliphatic carbocycles. The minimum atomic E-state index is -1.01. The molecule has 8 heteroatoms. The molecule has 6 nitrogen and oxygen atoms in total. The largest absolute Gasteiger partial charge is 0.487 e. The Bertz CT molecular complexity index is 1200. The van der Waals surface area contributed by atoms with E-state index in [0.29, 0.717) is 40.6 Å². The van der Waals surface area contributed by atoms with Crippen LogP contribution in [-0.4, -0.2) is 22.8 Å². The van der Waals surface area contributed by atoms with Crippen molar-refractivity contribution >= 4 is 29.2 Å². The summed E-state index contributed by atoms with van der Waals surface area (Å²) in [5.74, 6) is 0.130. The van der Waals surface area contributed by atoms with Gasteiger partial charge < -0.3 is 19.1 Å². The number of benzene rings is 2. The molecule has 0 saturated heterocycles. The van der Waals surface area contributed by atoms with Crippen molar-refractivity contribution in [3.63, 3.8) is 0 Å². The lowest BCUT2D eigenvalue weighted by atomic mass is 9.98. The average molecular weight is 520 g/mol. The Morgan fingerprint density at radius 2 is 1.69 bits per heavy atom. The van der Waals surface area contributed by atoms with Gasteiger partial charge in [-0.25, -0.2) is 4.79 Å². The number of halogens is 2. The number of aryl methyl sites for hydroxylation is 1. The van der Waals surface area contributed by atoms with Crippen LogP contribution in [0.3, 0.4) is 0 Å². The molecule has 0 radical (unpaired) electrons. The van der Waals surface area contributed by atoms with Gasteiger partial charge in [0.25, 0.3) is 5.56 Å². The van der Waals surface area contributed by atoms with E-state index in [9.17, 15) is 14.7 Å². The molecule has 0 unspecified atom stereocenters. The number of carbonyl (C=O) groups is 1. The summed E-state index contributed by atoms with van der Waals surface area (Å²) < 4.78 is 12.1. The number of ether oxygens (including phenoxy) is 2. The SMILES string of the molecule is CC.COC(=O)c1ccc(CCn2c(COc3cccc(C(C)(C)O)c3)c(Cl)cc(Cl)c2=O)cc1. The molecule has 3 aromatic rings. The van der Waals surface area contributed by atoms with Crippen molar-refractivity contribution in [2.45, 2.75) is 52.9 Å². The normalized spacial score (nSPS) is 10.9. The molecule has 2 aromatic carbocycles. The summed E-state index contributed by atoms with van der Waals surface area (Å²) in [4.78, 5) is 24.4. The van der Waals surface area contributed by atoms with Gasteiger partial charge in [0.15, 0.2) is 0 Å². The van der Waals surface area contributed by atoms with Crippen molar-refractivity contribution in [3.05, 3.63) is 97.4 Å². The number of rotatable bonds is 8. The van der Waals surface area contributed by atoms with Crippen LogP contribution in [0.2, 0.25) is 10.0 Å². The Morgan fingerprint density at radius 3 is 2.29 bits per heavy atom. The van der Waals surface area contributed by atoms with Crippen LogP contribution >= 0.6 is 23.2 Å². The van der Waals surface area contributed by atoms with E-state index < -0.39 is 11.6 Å². The summed E-state index contributed by atoms with van der Waals surface area (Å²) in [5, 5.41) is 10.6. The van der Waals surface area contributed by atoms with E-state index in [0.717, 1.165) is 5.56 Å². The molecular weight excluding hydrogens is 489 g/mol. The molecule has 1 N–H and O–H groups in total. The number of esters is 1. The van der Waals surface area contributed by atoms with Crippen LogP contribution in [0.15, 0.2) is 59.4 Å². The zero-order valence-electron chi connectivity index (χ0n) is 20.6. The second-order valence-corrected chi connectivity index (χ2v) is 8.87. The Labute approximate surface area is 216 Å². The van der Waals surface area contributed by atoms with E-state index in [2.05, 4.69) is 0 Å². The highest BCUT2D eigenvalue weighted by molar-refractivity contribution is 6.34. The standard InChI is InChI=1S/C25H25Cl2NO5.C2H6/c1-25(2,31)18-5-4-6-19(13-18)33-15-22-20(26)14-21(27)23(29)28(22)12-11-16-7-9-17(10-8-16)24(30)32-3;1-2/h4-10,13-14,31H,11-12,15H2,1-3H3;1-2H3. The number of hydrogen-bond donors (Lipinski definition) is 1. The van der Waals surface area contributed by atoms with Gasteiger partial charge in [-0.1, -0.05) is 61.3 Å². The van der Waals surface area contributed by atoms with Gasteiger partial charge in [-0.05, 0) is 61.7 Å². The van der Waals surface area contributed by atoms with E-state index in [4.69, 9.17) is 32.7 Å². The summed E-state index contributed by atoms with van der Waals surface area (Å²) in [6, 6.07) is 15.5. The number of aromatic nitrogens is 1. The minimum Gasteiger partial charge on any atom is -0.487 e. The predicted molar refractivity (Wildman–Crippen MR) is 140 cm³/mol. The third-order valence-corrected chi connectivity index (χ3v) is 5.82. The smallest absolute Gasteiger partial charge is 0.337 e. The van der Waals surface area contributed by atoms with Crippen LogP contribution in [0, 0.1) is 0 Å². The van der Waals surface area contributed by atoms with Crippen LogP contribution in [0.25, 0.3) is 0 Å². The first-order valence-electron chi connectivity index (χ1n) is 11.3. The highest BCUT2D eigenvalue weighted by atomic mass is 35.5. The summed E-state index contributed by atoms with van der Waals surface area (Å²) in [6.45, 7) is 7.75. The van der Waals surface area contributed by atoms with E-state index >= 15 is 0 Å². The van der Waals surface area contributed by atoms with Crippen LogP contribution in [0.4, 0.5) is 0 Å². The first-order valence-corrected chi connectivity index (χ1v) is 12.1. The van der Waals surface area contributed by atoms with Gasteiger partial charge in [0.1, 0.15) is 17.4 Å². The Hall–Kier alpha value is -2.80. The van der Waals surface area contributed by atoms with E-state index in [-0.39, 0.29) is 17.2 Å². The first-order chi connectivity index (χ1) is 16.6. The maximum atomic E-state index is 12.8. The summed E-state index contributed by atoms with van der Waals surface area (Å²) in [7, 11) is 1.33. The number of carbonyl (C=O) groups excluding carboxylic acids is 1. The van der Waals surface area contributed by atoms with Gasteiger partial charge in [-0.15, -0.1) is 0 Å². The summed E-state index contributed by atoms with van der Waals surface area (Å²) >= 11 is 12.5. The molecule has 0 amide bonds. The molecule has 0 saturated carbocycles. The topological polar surface area (TPSA) is 77.8 Å². The second-order valence-electron chi connectivity index (χ2n) is 8.06. The van der Waals surface area contributed by atoms with Crippen molar-refractivity contribution < 1.29 is 19.4 Å². The number of pyridine rings is 1. The third-order valence-electron chi connectivity index (χ3n) is 5.22. The van der Waals surface area contributed by atoms with Gasteiger partial charge in [0, 0.05) is 6.54 Å². The van der Waals surface area contributed by atoms with E-state index in [1.165, 1.54) is 17.7 Å². The number of aliphatic hydroxyl groups is 1. The molecular formula is C27H31Cl2NO5. The fourth-order valence-electron chi connectivity index (χ4n) is 3.30. The maximum Gasteiger partial charge on any atom is 0.337 e. The molecule has 188 valence electrons. The van der Waals surface area contributed by atoms with E-state index in [1.807, 2.05) is 32.0 Å². The predicted octanol–water partition coefficient (Wildman–Crippen LogP) is 6.02. The van der Waals surface area contributed by atoms with Crippen molar-refractivity contribution in [3.8, 4) is 5.75 Å². The van der Waals surface area contributed by atoms with Crippen LogP contribution < -0.4 is 10.3 Å². The molecule has 1 aromatic heterocycles. The molecule has 0 bridgehead atoms. The molecule has 35 heavy (non-hydrogen) atoms. The zero-order chi connectivity index (χ0) is 26.2. The fraction of sp³-hybridized carbons (Fsp3) is 0.333. The lowest BCUT2D eigenvalue weighted by molar-refractivity contribution is 0.0600. The lowest BCUT2D eigenvalue weighted by Gasteiger charge is -2.19. The summed E-state index contributed by atoms with van der Waals surface area (Å²) in [5.41, 5.74) is 1.20. The van der Waals surface area contributed by atoms with Crippen molar-refractivity contribution in [2.24, 2.45) is 0 Å². The van der Waals surface area contributed by atoms with Gasteiger partial charge in [-0.2, -0.15) is 0 Å². The van der Waals surface area contributed by atoms with E-state index in [1.54, 1.807) is 44.2 Å². The fourth-order valence-corrected chi connectivity index (χ4v) is 3.84. The number of hydrogen-bond acceptors (Lipinski definition) is 5. The number of nitrogens with zero attached hydrogens (tertiary/aromatic N) is 1. The molecule has 0 spiro atoms. The Balaban J connectivity index is 0.00000210. The average Bonchev–Trinajstić information content (AvgIpc) is 2.85. The van der Waals surface area contributed by atoms with Crippen molar-refractivity contribution in [2.75, 3.05) is 7.11 Å². The highest BCUT2D eigenvalue weighted by Crippen LogP contribution is 2.25. The van der Waals surface area contributed by atoms with Crippen molar-refractivity contribution in [1.29, 1.82) is 0 Å². The monoisotopic (exact) mass is 519 g/mol. The van der Waals surface area contributed by atoms with Gasteiger partial charge in [0.2, 0.25) is 0 Å². The molecule has 0 fully saturated rings. The maximum absolute atomic E-state index is 12.8. The Kier molecular flexibility index (Phi) is 10.4. The molecule has 0 aliphatic heterocycles. The van der Waals surface area contributed by atoms with Crippen LogP contribution in [0.1, 0.15) is 54.9 Å². The molecule has 3 rings (SSSR count). The van der Waals surface area contributed by atoms with Crippen LogP contribution in [0.5, 0.6) is 5.75 Å². The quantitative estimate of drug-likeness (QED) is 0.368. The number of methoxy groups -OCH3 is 1. The summed E-state index contributed by atoms with van der Waals surface area (Å²) in [6.07, 6.45) is 0.513. The second kappa shape index (κ2) is 12.8. The minimum absolute atomic E-state index is 0.0221. The van der Waals surface area contributed by atoms with Gasteiger partial charge >= 0.3 is 5.97 Å². The highest BCUT2D eigenvalue weighted by Gasteiger charge is 2.17. The van der Waals surface area contributed by atoms with Gasteiger partial charge in [-0.3, -0.25) is 4.79 Å². The van der Waals surface area contributed by atoms with Gasteiger partial charge in [0.05, 0.1) is 29.0 Å². The molecule has 0 aliphatic rings. The lowest BCUT2D eigenvalue weighted by Crippen LogP contribution is -2.26. The Morgan fingerprint density at radius 1 is 1.03 bits per heavy atom. The van der Waals surface area contributed by atoms with Crippen LogP contribution in [-0.2, 0) is 29.9 Å². The molecule has 0 atom stereocenters. The first kappa shape index (κ1) is 28.4. The third kappa shape index (κ3) is 7.59. The molecule has 1 heterocycles. The zero-order valence-corrected chi connectivity index (χ0v) is 22.1. The van der Waals surface area contributed by atoms with Crippen molar-refractivity contribution in [1.82, 2.24) is 4.57 Å².